The molecule has 2 heterocycles. The first-order chi connectivity index (χ1) is 12.5. The molecule has 0 radical (unpaired) electrons. The number of nitrogens with one attached hydrogen (secondary N) is 1. The van der Waals surface area contributed by atoms with Gasteiger partial charge in [-0.3, -0.25) is 19.3 Å². The van der Waals surface area contributed by atoms with E-state index >= 15 is 0 Å². The van der Waals surface area contributed by atoms with Crippen LogP contribution in [0.5, 0.6) is 0 Å². The Labute approximate surface area is 151 Å². The summed E-state index contributed by atoms with van der Waals surface area (Å²) in [7, 11) is 1.52. The molecular formula is C18H22N4O4. The van der Waals surface area contributed by atoms with Crippen molar-refractivity contribution in [2.45, 2.75) is 18.9 Å². The zero-order valence-electron chi connectivity index (χ0n) is 14.7. The number of hydrogen-bond acceptors (Lipinski definition) is 4. The van der Waals surface area contributed by atoms with Gasteiger partial charge in [-0.25, -0.2) is 4.79 Å². The van der Waals surface area contributed by atoms with E-state index in [1.807, 2.05) is 30.3 Å². The first-order valence-electron chi connectivity index (χ1n) is 8.64. The second kappa shape index (κ2) is 7.55. The van der Waals surface area contributed by atoms with E-state index in [-0.39, 0.29) is 24.9 Å². The quantitative estimate of drug-likeness (QED) is 0.758. The molecule has 1 unspecified atom stereocenters. The fraction of sp³-hybridized carbons (Fsp3) is 0.444. The van der Waals surface area contributed by atoms with E-state index in [1.54, 1.807) is 0 Å². The number of benzene rings is 1. The predicted molar refractivity (Wildman–Crippen MR) is 93.0 cm³/mol. The molecular weight excluding hydrogens is 336 g/mol. The average molecular weight is 358 g/mol. The van der Waals surface area contributed by atoms with Crippen molar-refractivity contribution in [2.24, 2.45) is 0 Å². The highest BCUT2D eigenvalue weighted by atomic mass is 16.2. The molecule has 26 heavy (non-hydrogen) atoms. The summed E-state index contributed by atoms with van der Waals surface area (Å²) in [5, 5.41) is 2.83. The van der Waals surface area contributed by atoms with E-state index in [9.17, 15) is 19.2 Å². The Morgan fingerprint density at radius 1 is 1.19 bits per heavy atom. The third kappa shape index (κ3) is 3.68. The summed E-state index contributed by atoms with van der Waals surface area (Å²) in [6.45, 7) is 0.542. The normalized spacial score (nSPS) is 21.0. The third-order valence-corrected chi connectivity index (χ3v) is 4.67. The molecule has 2 saturated heterocycles. The van der Waals surface area contributed by atoms with Gasteiger partial charge in [-0.05, 0) is 12.0 Å². The van der Waals surface area contributed by atoms with E-state index in [0.29, 0.717) is 25.9 Å². The van der Waals surface area contributed by atoms with E-state index < -0.39 is 18.0 Å². The maximum atomic E-state index is 12.8. The van der Waals surface area contributed by atoms with Crippen LogP contribution in [0.3, 0.4) is 0 Å². The van der Waals surface area contributed by atoms with Crippen LogP contribution in [0.25, 0.3) is 0 Å². The number of carbonyl (C=O) groups excluding carboxylic acids is 4. The van der Waals surface area contributed by atoms with Gasteiger partial charge in [0.1, 0.15) is 19.1 Å². The summed E-state index contributed by atoms with van der Waals surface area (Å²) in [5.74, 6) is -0.999. The first kappa shape index (κ1) is 17.9. The monoisotopic (exact) mass is 358 g/mol. The smallest absolute Gasteiger partial charge is 0.327 e. The Bertz CT molecular complexity index is 721. The summed E-state index contributed by atoms with van der Waals surface area (Å²) in [4.78, 5) is 53.0. The lowest BCUT2D eigenvalue weighted by atomic mass is 10.0. The minimum Gasteiger partial charge on any atom is -0.354 e. The van der Waals surface area contributed by atoms with Gasteiger partial charge >= 0.3 is 6.03 Å². The van der Waals surface area contributed by atoms with E-state index in [2.05, 4.69) is 5.32 Å². The molecule has 1 aromatic carbocycles. The van der Waals surface area contributed by atoms with Crippen molar-refractivity contribution in [3.63, 3.8) is 0 Å². The molecule has 2 aliphatic rings. The molecule has 3 rings (SSSR count). The Morgan fingerprint density at radius 3 is 2.58 bits per heavy atom. The highest BCUT2D eigenvalue weighted by Crippen LogP contribution is 2.15. The van der Waals surface area contributed by atoms with Crippen LogP contribution < -0.4 is 5.32 Å². The second-order valence-corrected chi connectivity index (χ2v) is 6.56. The van der Waals surface area contributed by atoms with Crippen molar-refractivity contribution >= 4 is 23.8 Å². The molecule has 0 spiro atoms. The molecule has 0 saturated carbocycles. The maximum absolute atomic E-state index is 12.8. The molecule has 1 N–H and O–H groups in total. The average Bonchev–Trinajstić information content (AvgIpc) is 2.77. The Hall–Kier alpha value is -2.90. The van der Waals surface area contributed by atoms with Gasteiger partial charge in [0.25, 0.3) is 5.91 Å². The van der Waals surface area contributed by atoms with Crippen LogP contribution in [-0.2, 0) is 20.8 Å². The summed E-state index contributed by atoms with van der Waals surface area (Å²) in [6, 6.07) is 8.33. The van der Waals surface area contributed by atoms with Crippen LogP contribution in [0, 0.1) is 0 Å². The van der Waals surface area contributed by atoms with Crippen LogP contribution in [0.15, 0.2) is 30.3 Å². The zero-order valence-corrected chi connectivity index (χ0v) is 14.7. The molecule has 8 heteroatoms. The van der Waals surface area contributed by atoms with Gasteiger partial charge in [0, 0.05) is 26.6 Å². The van der Waals surface area contributed by atoms with E-state index in [0.717, 1.165) is 10.5 Å². The lowest BCUT2D eigenvalue weighted by Crippen LogP contribution is -2.52. The van der Waals surface area contributed by atoms with Gasteiger partial charge in [0.2, 0.25) is 11.8 Å². The van der Waals surface area contributed by atoms with Gasteiger partial charge in [-0.2, -0.15) is 0 Å². The molecule has 8 nitrogen and oxygen atoms in total. The van der Waals surface area contributed by atoms with Crippen molar-refractivity contribution in [3.8, 4) is 0 Å². The minimum atomic E-state index is -0.655. The SMILES string of the molecule is CN1CC(=O)N(CC(=O)N2CCCNC(=O)C2Cc2ccccc2)C1=O. The van der Waals surface area contributed by atoms with Gasteiger partial charge in [0.15, 0.2) is 0 Å². The number of urea groups is 1. The van der Waals surface area contributed by atoms with Crippen molar-refractivity contribution in [2.75, 3.05) is 33.2 Å². The van der Waals surface area contributed by atoms with Crippen molar-refractivity contribution in [1.82, 2.24) is 20.0 Å². The molecule has 5 amide bonds. The zero-order chi connectivity index (χ0) is 18.7. The standard InChI is InChI=1S/C18H22N4O4/c1-20-11-15(23)22(18(20)26)12-16(24)21-9-5-8-19-17(25)14(21)10-13-6-3-2-4-7-13/h2-4,6-7,14H,5,8-12H2,1H3,(H,19,25). The number of imide groups is 1. The number of likely N-dealkylation sites (N-methyl/N-ethyl adjacent to an activating group) is 1. The second-order valence-electron chi connectivity index (χ2n) is 6.56. The molecule has 0 aliphatic carbocycles. The number of hydrogen-bond donors (Lipinski definition) is 1. The fourth-order valence-electron chi connectivity index (χ4n) is 3.27. The number of amides is 5. The van der Waals surface area contributed by atoms with Crippen LogP contribution >= 0.6 is 0 Å². The van der Waals surface area contributed by atoms with Gasteiger partial charge < -0.3 is 15.1 Å². The largest absolute Gasteiger partial charge is 0.354 e. The summed E-state index contributed by atoms with van der Waals surface area (Å²) >= 11 is 0. The van der Waals surface area contributed by atoms with Gasteiger partial charge in [0.05, 0.1) is 0 Å². The molecule has 0 bridgehead atoms. The van der Waals surface area contributed by atoms with Crippen LogP contribution in [0.4, 0.5) is 4.79 Å². The lowest BCUT2D eigenvalue weighted by Gasteiger charge is -2.29. The highest BCUT2D eigenvalue weighted by Gasteiger charge is 2.38. The van der Waals surface area contributed by atoms with Crippen molar-refractivity contribution < 1.29 is 19.2 Å². The highest BCUT2D eigenvalue weighted by molar-refractivity contribution is 6.04. The van der Waals surface area contributed by atoms with Crippen LogP contribution in [0.2, 0.25) is 0 Å². The number of nitrogens with zero attached hydrogens (tertiary/aromatic N) is 3. The van der Waals surface area contributed by atoms with Crippen LogP contribution in [-0.4, -0.2) is 77.7 Å². The molecule has 2 aliphatic heterocycles. The molecule has 1 atom stereocenters. The third-order valence-electron chi connectivity index (χ3n) is 4.67. The Balaban J connectivity index is 1.77. The number of carbonyl (C=O) groups is 4. The van der Waals surface area contributed by atoms with Crippen molar-refractivity contribution in [3.05, 3.63) is 35.9 Å². The van der Waals surface area contributed by atoms with E-state index in [4.69, 9.17) is 0 Å². The van der Waals surface area contributed by atoms with E-state index in [1.165, 1.54) is 16.8 Å². The maximum Gasteiger partial charge on any atom is 0.327 e. The molecule has 2 fully saturated rings. The summed E-state index contributed by atoms with van der Waals surface area (Å²) in [5.41, 5.74) is 0.945. The number of rotatable bonds is 4. The van der Waals surface area contributed by atoms with Gasteiger partial charge in [-0.15, -0.1) is 0 Å². The molecule has 0 aromatic heterocycles. The lowest BCUT2D eigenvalue weighted by molar-refractivity contribution is -0.141. The molecule has 138 valence electrons. The topological polar surface area (TPSA) is 90.0 Å². The summed E-state index contributed by atoms with van der Waals surface area (Å²) < 4.78 is 0. The van der Waals surface area contributed by atoms with Crippen LogP contribution in [0.1, 0.15) is 12.0 Å². The predicted octanol–water partition coefficient (Wildman–Crippen LogP) is -0.160. The Kier molecular flexibility index (Phi) is 5.20. The first-order valence-corrected chi connectivity index (χ1v) is 8.64. The minimum absolute atomic E-state index is 0.0277. The molecule has 1 aromatic rings. The van der Waals surface area contributed by atoms with Gasteiger partial charge in [-0.1, -0.05) is 30.3 Å². The van der Waals surface area contributed by atoms with Crippen molar-refractivity contribution in [1.29, 1.82) is 0 Å². The Morgan fingerprint density at radius 2 is 1.92 bits per heavy atom. The summed E-state index contributed by atoms with van der Waals surface area (Å²) in [6.07, 6.45) is 1.02. The fourth-order valence-corrected chi connectivity index (χ4v) is 3.27.